The Labute approximate surface area is 130 Å². The second-order valence-electron chi connectivity index (χ2n) is 4.98. The van der Waals surface area contributed by atoms with Crippen LogP contribution in [0.1, 0.15) is 26.5 Å². The number of ether oxygens (including phenoxy) is 2. The van der Waals surface area contributed by atoms with Crippen molar-refractivity contribution in [3.05, 3.63) is 29.3 Å². The highest BCUT2D eigenvalue weighted by Gasteiger charge is 2.10. The monoisotopic (exact) mass is 306 g/mol. The first-order valence-electron chi connectivity index (χ1n) is 7.13. The van der Waals surface area contributed by atoms with Gasteiger partial charge in [-0.05, 0) is 25.1 Å². The molecule has 0 saturated heterocycles. The minimum atomic E-state index is 0.459. The third-order valence-electron chi connectivity index (χ3n) is 2.95. The van der Waals surface area contributed by atoms with Gasteiger partial charge >= 0.3 is 0 Å². The van der Waals surface area contributed by atoms with Crippen molar-refractivity contribution in [3.8, 4) is 22.1 Å². The van der Waals surface area contributed by atoms with Crippen molar-refractivity contribution in [2.24, 2.45) is 0 Å². The van der Waals surface area contributed by atoms with Gasteiger partial charge in [0.15, 0.2) is 11.5 Å². The maximum Gasteiger partial charge on any atom is 0.161 e. The molecule has 0 atom stereocenters. The molecule has 0 radical (unpaired) electrons. The average Bonchev–Trinajstić information content (AvgIpc) is 2.94. The molecule has 0 spiro atoms. The largest absolute Gasteiger partial charge is 0.493 e. The second kappa shape index (κ2) is 7.43. The van der Waals surface area contributed by atoms with Gasteiger partial charge in [0.05, 0.1) is 19.4 Å². The van der Waals surface area contributed by atoms with E-state index < -0.39 is 0 Å². The lowest BCUT2D eigenvalue weighted by Crippen LogP contribution is -2.21. The quantitative estimate of drug-likeness (QED) is 0.847. The van der Waals surface area contributed by atoms with E-state index in [1.807, 2.05) is 25.1 Å². The van der Waals surface area contributed by atoms with Crippen LogP contribution in [0, 0.1) is 0 Å². The molecule has 1 N–H and O–H groups in total. The zero-order chi connectivity index (χ0) is 15.2. The van der Waals surface area contributed by atoms with Crippen molar-refractivity contribution < 1.29 is 9.47 Å². The van der Waals surface area contributed by atoms with Crippen LogP contribution in [0.2, 0.25) is 0 Å². The van der Waals surface area contributed by atoms with Gasteiger partial charge in [0.25, 0.3) is 0 Å². The number of benzene rings is 1. The SMILES string of the molecule is CCOc1cc(-c2nc(CNC(C)C)cs2)ccc1OC. The summed E-state index contributed by atoms with van der Waals surface area (Å²) in [4.78, 5) is 4.67. The Hall–Kier alpha value is -1.59. The summed E-state index contributed by atoms with van der Waals surface area (Å²) < 4.78 is 10.9. The molecule has 0 amide bonds. The number of nitrogens with zero attached hydrogens (tertiary/aromatic N) is 1. The zero-order valence-electron chi connectivity index (χ0n) is 13.0. The molecule has 5 heteroatoms. The van der Waals surface area contributed by atoms with Crippen LogP contribution in [0.15, 0.2) is 23.6 Å². The predicted octanol–water partition coefficient (Wildman–Crippen LogP) is 3.72. The van der Waals surface area contributed by atoms with E-state index in [2.05, 4.69) is 29.5 Å². The molecular weight excluding hydrogens is 284 g/mol. The minimum Gasteiger partial charge on any atom is -0.493 e. The lowest BCUT2D eigenvalue weighted by atomic mass is 10.2. The van der Waals surface area contributed by atoms with Gasteiger partial charge in [-0.15, -0.1) is 11.3 Å². The molecule has 1 heterocycles. The molecule has 21 heavy (non-hydrogen) atoms. The van der Waals surface area contributed by atoms with Crippen molar-refractivity contribution in [2.75, 3.05) is 13.7 Å². The van der Waals surface area contributed by atoms with E-state index in [9.17, 15) is 0 Å². The van der Waals surface area contributed by atoms with Crippen LogP contribution in [-0.4, -0.2) is 24.7 Å². The Kier molecular flexibility index (Phi) is 5.59. The molecule has 0 aliphatic rings. The fraction of sp³-hybridized carbons (Fsp3) is 0.438. The number of nitrogens with one attached hydrogen (secondary N) is 1. The van der Waals surface area contributed by atoms with Crippen LogP contribution in [0.3, 0.4) is 0 Å². The Balaban J connectivity index is 2.19. The summed E-state index contributed by atoms with van der Waals surface area (Å²) >= 11 is 1.65. The molecule has 114 valence electrons. The third kappa shape index (κ3) is 4.19. The van der Waals surface area contributed by atoms with E-state index in [1.165, 1.54) is 0 Å². The Morgan fingerprint density at radius 1 is 1.29 bits per heavy atom. The third-order valence-corrected chi connectivity index (χ3v) is 3.89. The molecule has 0 fully saturated rings. The molecule has 0 saturated carbocycles. The van der Waals surface area contributed by atoms with E-state index in [1.54, 1.807) is 18.4 Å². The smallest absolute Gasteiger partial charge is 0.161 e. The van der Waals surface area contributed by atoms with Crippen LogP contribution in [0.4, 0.5) is 0 Å². The van der Waals surface area contributed by atoms with Crippen molar-refractivity contribution >= 4 is 11.3 Å². The van der Waals surface area contributed by atoms with E-state index in [0.717, 1.165) is 34.3 Å². The van der Waals surface area contributed by atoms with E-state index in [4.69, 9.17) is 9.47 Å². The highest BCUT2D eigenvalue weighted by atomic mass is 32.1. The first-order chi connectivity index (χ1) is 10.1. The van der Waals surface area contributed by atoms with Gasteiger partial charge in [-0.2, -0.15) is 0 Å². The topological polar surface area (TPSA) is 43.4 Å². The van der Waals surface area contributed by atoms with Gasteiger partial charge in [0.1, 0.15) is 5.01 Å². The van der Waals surface area contributed by atoms with Crippen LogP contribution < -0.4 is 14.8 Å². The first-order valence-corrected chi connectivity index (χ1v) is 8.01. The van der Waals surface area contributed by atoms with Gasteiger partial charge in [0, 0.05) is 23.5 Å². The summed E-state index contributed by atoms with van der Waals surface area (Å²) in [5.41, 5.74) is 2.12. The van der Waals surface area contributed by atoms with Gasteiger partial charge in [-0.25, -0.2) is 4.98 Å². The molecule has 4 nitrogen and oxygen atoms in total. The minimum absolute atomic E-state index is 0.459. The Morgan fingerprint density at radius 2 is 2.10 bits per heavy atom. The standard InChI is InChI=1S/C16H22N2O2S/c1-5-20-15-8-12(6-7-14(15)19-4)16-18-13(10-21-16)9-17-11(2)3/h6-8,10-11,17H,5,9H2,1-4H3. The van der Waals surface area contributed by atoms with Crippen molar-refractivity contribution in [3.63, 3.8) is 0 Å². The van der Waals surface area contributed by atoms with Crippen LogP contribution >= 0.6 is 11.3 Å². The number of hydrogen-bond acceptors (Lipinski definition) is 5. The molecule has 0 bridgehead atoms. The Morgan fingerprint density at radius 3 is 2.76 bits per heavy atom. The molecule has 0 aliphatic heterocycles. The summed E-state index contributed by atoms with van der Waals surface area (Å²) in [5, 5.41) is 6.47. The highest BCUT2D eigenvalue weighted by molar-refractivity contribution is 7.13. The van der Waals surface area contributed by atoms with E-state index >= 15 is 0 Å². The summed E-state index contributed by atoms with van der Waals surface area (Å²) in [6, 6.07) is 6.38. The van der Waals surface area contributed by atoms with Gasteiger partial charge in [0.2, 0.25) is 0 Å². The lowest BCUT2D eigenvalue weighted by Gasteiger charge is -2.10. The molecule has 2 aromatic rings. The molecule has 1 aromatic carbocycles. The molecule has 2 rings (SSSR count). The summed E-state index contributed by atoms with van der Waals surface area (Å²) in [6.45, 7) is 7.63. The number of rotatable bonds is 7. The molecular formula is C16H22N2O2S. The normalized spacial score (nSPS) is 10.9. The van der Waals surface area contributed by atoms with Crippen LogP contribution in [0.5, 0.6) is 11.5 Å². The van der Waals surface area contributed by atoms with E-state index in [-0.39, 0.29) is 0 Å². The van der Waals surface area contributed by atoms with Crippen molar-refractivity contribution in [2.45, 2.75) is 33.4 Å². The van der Waals surface area contributed by atoms with Crippen LogP contribution in [0.25, 0.3) is 10.6 Å². The summed E-state index contributed by atoms with van der Waals surface area (Å²) in [6.07, 6.45) is 0. The molecule has 0 unspecified atom stereocenters. The number of methoxy groups -OCH3 is 1. The van der Waals surface area contributed by atoms with Crippen LogP contribution in [-0.2, 0) is 6.54 Å². The highest BCUT2D eigenvalue weighted by Crippen LogP contribution is 2.33. The lowest BCUT2D eigenvalue weighted by molar-refractivity contribution is 0.311. The zero-order valence-corrected chi connectivity index (χ0v) is 13.8. The first kappa shape index (κ1) is 15.8. The predicted molar refractivity (Wildman–Crippen MR) is 87.2 cm³/mol. The fourth-order valence-electron chi connectivity index (χ4n) is 1.91. The average molecular weight is 306 g/mol. The van der Waals surface area contributed by atoms with Crippen molar-refractivity contribution in [1.82, 2.24) is 10.3 Å². The maximum absolute atomic E-state index is 5.62. The maximum atomic E-state index is 5.62. The number of aromatic nitrogens is 1. The molecule has 0 aliphatic carbocycles. The fourth-order valence-corrected chi connectivity index (χ4v) is 2.72. The van der Waals surface area contributed by atoms with Gasteiger partial charge < -0.3 is 14.8 Å². The van der Waals surface area contributed by atoms with Gasteiger partial charge in [-0.3, -0.25) is 0 Å². The summed E-state index contributed by atoms with van der Waals surface area (Å²) in [5.74, 6) is 1.51. The number of hydrogen-bond donors (Lipinski definition) is 1. The van der Waals surface area contributed by atoms with Gasteiger partial charge in [-0.1, -0.05) is 13.8 Å². The second-order valence-corrected chi connectivity index (χ2v) is 5.84. The Bertz CT molecular complexity index is 581. The number of thiazole rings is 1. The summed E-state index contributed by atoms with van der Waals surface area (Å²) in [7, 11) is 1.65. The molecule has 1 aromatic heterocycles. The van der Waals surface area contributed by atoms with Crippen molar-refractivity contribution in [1.29, 1.82) is 0 Å². The van der Waals surface area contributed by atoms with E-state index in [0.29, 0.717) is 12.6 Å².